The van der Waals surface area contributed by atoms with Gasteiger partial charge in [-0.1, -0.05) is 0 Å². The number of carboxylic acid groups (broad SMARTS) is 1. The van der Waals surface area contributed by atoms with E-state index in [1.807, 2.05) is 18.0 Å². The fraction of sp³-hybridized carbons (Fsp3) is 0.444. The third kappa shape index (κ3) is 3.73. The van der Waals surface area contributed by atoms with E-state index >= 15 is 0 Å². The molecule has 11 heteroatoms. The van der Waals surface area contributed by atoms with Gasteiger partial charge in [-0.25, -0.2) is 9.78 Å². The van der Waals surface area contributed by atoms with Crippen LogP contribution in [0.3, 0.4) is 0 Å². The molecule has 4 aromatic rings. The number of rotatable bonds is 6. The van der Waals surface area contributed by atoms with Crippen LogP contribution in [0.2, 0.25) is 0 Å². The van der Waals surface area contributed by atoms with Crippen molar-refractivity contribution in [2.75, 3.05) is 13.7 Å². The van der Waals surface area contributed by atoms with Crippen molar-refractivity contribution < 1.29 is 19.4 Å². The van der Waals surface area contributed by atoms with Crippen molar-refractivity contribution in [1.82, 2.24) is 24.3 Å². The molecule has 3 aliphatic rings. The Morgan fingerprint density at radius 3 is 2.76 bits per heavy atom. The number of halogens is 1. The first kappa shape index (κ1) is 24.0. The number of likely N-dealkylation sites (tertiary alicyclic amines) is 1. The molecule has 2 saturated carbocycles. The predicted octanol–water partition coefficient (Wildman–Crippen LogP) is 5.31. The first-order valence-electron chi connectivity index (χ1n) is 13.0. The van der Waals surface area contributed by atoms with E-state index in [4.69, 9.17) is 9.72 Å². The number of nitrogens with zero attached hydrogens (tertiary/aromatic N) is 4. The Balaban J connectivity index is 1.29. The summed E-state index contributed by atoms with van der Waals surface area (Å²) in [6, 6.07) is 7.70. The van der Waals surface area contributed by atoms with Gasteiger partial charge >= 0.3 is 6.09 Å². The van der Waals surface area contributed by atoms with E-state index in [9.17, 15) is 14.7 Å². The van der Waals surface area contributed by atoms with Crippen molar-refractivity contribution in [3.63, 3.8) is 0 Å². The van der Waals surface area contributed by atoms with E-state index in [1.54, 1.807) is 24.5 Å². The van der Waals surface area contributed by atoms with Gasteiger partial charge in [0, 0.05) is 25.7 Å². The summed E-state index contributed by atoms with van der Waals surface area (Å²) >= 11 is 5.36. The summed E-state index contributed by atoms with van der Waals surface area (Å²) in [5.74, 6) is 2.19. The van der Waals surface area contributed by atoms with E-state index in [0.29, 0.717) is 29.3 Å². The van der Waals surface area contributed by atoms with Crippen molar-refractivity contribution in [2.45, 2.75) is 44.3 Å². The van der Waals surface area contributed by atoms with Gasteiger partial charge in [-0.2, -0.15) is 0 Å². The number of hydrogen-bond acceptors (Lipinski definition) is 5. The molecule has 2 amide bonds. The van der Waals surface area contributed by atoms with Crippen LogP contribution in [0.25, 0.3) is 32.8 Å². The van der Waals surface area contributed by atoms with Crippen molar-refractivity contribution in [3.05, 3.63) is 33.6 Å². The van der Waals surface area contributed by atoms with E-state index in [-0.39, 0.29) is 23.9 Å². The molecule has 2 bridgehead atoms. The number of benzene rings is 1. The number of methoxy groups -OCH3 is 1. The van der Waals surface area contributed by atoms with Crippen LogP contribution in [0.5, 0.6) is 5.75 Å². The van der Waals surface area contributed by atoms with Crippen LogP contribution in [0.4, 0.5) is 4.79 Å². The third-order valence-electron chi connectivity index (χ3n) is 8.47. The summed E-state index contributed by atoms with van der Waals surface area (Å²) in [4.78, 5) is 31.9. The molecule has 1 aliphatic heterocycles. The second-order valence-corrected chi connectivity index (χ2v) is 13.2. The minimum absolute atomic E-state index is 0.107. The van der Waals surface area contributed by atoms with Crippen LogP contribution < -0.4 is 10.1 Å². The minimum atomic E-state index is -1.04. The monoisotopic (exact) mass is 597 g/mol. The highest BCUT2D eigenvalue weighted by Crippen LogP contribution is 2.42. The molecule has 1 aromatic carbocycles. The largest absolute Gasteiger partial charge is 0.494 e. The number of fused-ring (bicyclic) bond motifs is 4. The molecule has 9 nitrogen and oxygen atoms in total. The normalized spacial score (nSPS) is 22.6. The van der Waals surface area contributed by atoms with Gasteiger partial charge in [0.15, 0.2) is 5.82 Å². The fourth-order valence-electron chi connectivity index (χ4n) is 6.53. The smallest absolute Gasteiger partial charge is 0.404 e. The number of aryl methyl sites for hydroxylation is 1. The van der Waals surface area contributed by atoms with E-state index in [2.05, 4.69) is 42.5 Å². The molecule has 0 radical (unpaired) electrons. The summed E-state index contributed by atoms with van der Waals surface area (Å²) in [6.07, 6.45) is 3.21. The van der Waals surface area contributed by atoms with Gasteiger partial charge in [-0.15, -0.1) is 11.3 Å². The molecule has 3 atom stereocenters. The van der Waals surface area contributed by atoms with E-state index in [1.165, 1.54) is 23.1 Å². The summed E-state index contributed by atoms with van der Waals surface area (Å²) in [5.41, 5.74) is 4.35. The van der Waals surface area contributed by atoms with Crippen molar-refractivity contribution in [3.8, 4) is 17.3 Å². The standard InChI is InChI=1S/C27H28BrN5O4S/c1-31-24-16(29-25(31)19-9-21-18(10-22(28)38-21)32(19)11-13-3-4-13)7-15(8-20(24)37-2)26(34)33-12-14-5-6-17(33)23(14)30-27(35)36/h7-10,13-14,17,23,30H,3-6,11-12H2,1-2H3,(H,35,36). The maximum absolute atomic E-state index is 13.7. The van der Waals surface area contributed by atoms with Crippen molar-refractivity contribution in [1.29, 1.82) is 0 Å². The summed E-state index contributed by atoms with van der Waals surface area (Å²) in [6.45, 7) is 1.53. The number of hydrogen-bond donors (Lipinski definition) is 2. The molecule has 2 N–H and O–H groups in total. The van der Waals surface area contributed by atoms with Crippen molar-refractivity contribution in [2.24, 2.45) is 18.9 Å². The van der Waals surface area contributed by atoms with E-state index in [0.717, 1.165) is 40.2 Å². The molecule has 3 fully saturated rings. The quantitative estimate of drug-likeness (QED) is 0.314. The lowest BCUT2D eigenvalue weighted by Crippen LogP contribution is -2.45. The number of amides is 2. The zero-order chi connectivity index (χ0) is 26.3. The maximum Gasteiger partial charge on any atom is 0.404 e. The number of carbonyl (C=O) groups is 2. The molecule has 7 rings (SSSR count). The Bertz CT molecular complexity index is 1620. The van der Waals surface area contributed by atoms with Gasteiger partial charge in [0.1, 0.15) is 11.3 Å². The van der Waals surface area contributed by atoms with Gasteiger partial charge in [0.05, 0.1) is 44.4 Å². The zero-order valence-corrected chi connectivity index (χ0v) is 23.5. The molecule has 4 heterocycles. The van der Waals surface area contributed by atoms with Crippen molar-refractivity contribution >= 4 is 60.5 Å². The number of imidazole rings is 1. The highest BCUT2D eigenvalue weighted by atomic mass is 79.9. The highest BCUT2D eigenvalue weighted by molar-refractivity contribution is 9.11. The van der Waals surface area contributed by atoms with Gasteiger partial charge in [0.25, 0.3) is 5.91 Å². The Morgan fingerprint density at radius 1 is 1.21 bits per heavy atom. The van der Waals surface area contributed by atoms with E-state index < -0.39 is 6.09 Å². The number of aromatic nitrogens is 3. The number of piperidine rings is 1. The number of nitrogens with one attached hydrogen (secondary N) is 1. The topological polar surface area (TPSA) is 102 Å². The first-order valence-corrected chi connectivity index (χ1v) is 14.6. The second kappa shape index (κ2) is 8.74. The second-order valence-electron chi connectivity index (χ2n) is 10.8. The van der Waals surface area contributed by atoms with Gasteiger partial charge in [-0.05, 0) is 77.7 Å². The average Bonchev–Trinajstić information content (AvgIpc) is 3.11. The van der Waals surface area contributed by atoms with Crippen LogP contribution in [-0.4, -0.2) is 61.9 Å². The van der Waals surface area contributed by atoms with Crippen LogP contribution in [0.15, 0.2) is 28.1 Å². The fourth-order valence-corrected chi connectivity index (χ4v) is 8.09. The SMILES string of the molecule is COc1cc(C(=O)N2CC3CCC2C3NC(=O)O)cc2nc(-c3cc4sc(Br)cc4n3CC3CC3)n(C)c12. The molecule has 3 aromatic heterocycles. The molecular formula is C27H28BrN5O4S. The zero-order valence-electron chi connectivity index (χ0n) is 21.1. The van der Waals surface area contributed by atoms with Crippen LogP contribution in [-0.2, 0) is 13.6 Å². The molecule has 0 spiro atoms. The lowest BCUT2D eigenvalue weighted by Gasteiger charge is -2.27. The molecule has 2 aliphatic carbocycles. The van der Waals surface area contributed by atoms with Gasteiger partial charge < -0.3 is 29.2 Å². The molecular weight excluding hydrogens is 570 g/mol. The van der Waals surface area contributed by atoms with Gasteiger partial charge in [-0.3, -0.25) is 4.79 Å². The Hall–Kier alpha value is -3.05. The lowest BCUT2D eigenvalue weighted by molar-refractivity contribution is 0.0697. The first-order chi connectivity index (χ1) is 18.3. The minimum Gasteiger partial charge on any atom is -0.494 e. The Morgan fingerprint density at radius 2 is 2.03 bits per heavy atom. The Kier molecular flexibility index (Phi) is 5.52. The van der Waals surface area contributed by atoms with Gasteiger partial charge in [0.2, 0.25) is 0 Å². The Labute approximate surface area is 231 Å². The lowest BCUT2D eigenvalue weighted by atomic mass is 10.1. The van der Waals surface area contributed by atoms with Crippen LogP contribution in [0, 0.1) is 11.8 Å². The maximum atomic E-state index is 13.7. The number of thiophene rings is 1. The van der Waals surface area contributed by atoms with Crippen LogP contribution >= 0.6 is 27.3 Å². The molecule has 38 heavy (non-hydrogen) atoms. The summed E-state index contributed by atoms with van der Waals surface area (Å²) in [5, 5.41) is 11.9. The molecule has 198 valence electrons. The third-order valence-corrected chi connectivity index (χ3v) is 10.0. The molecule has 1 saturated heterocycles. The predicted molar refractivity (Wildman–Crippen MR) is 149 cm³/mol. The number of carbonyl (C=O) groups excluding carboxylic acids is 1. The summed E-state index contributed by atoms with van der Waals surface area (Å²) < 4.78 is 12.6. The average molecular weight is 599 g/mol. The number of ether oxygens (including phenoxy) is 1. The summed E-state index contributed by atoms with van der Waals surface area (Å²) in [7, 11) is 3.61. The molecule has 3 unspecified atom stereocenters. The van der Waals surface area contributed by atoms with Crippen LogP contribution in [0.1, 0.15) is 36.0 Å². The highest BCUT2D eigenvalue weighted by Gasteiger charge is 2.49.